The van der Waals surface area contributed by atoms with E-state index in [1.807, 2.05) is 12.3 Å². The number of hydrogen-bond acceptors (Lipinski definition) is 4. The Balaban J connectivity index is 2.44. The Morgan fingerprint density at radius 3 is 2.94 bits per heavy atom. The summed E-state index contributed by atoms with van der Waals surface area (Å²) in [6, 6.07) is 0. The van der Waals surface area contributed by atoms with E-state index in [-0.39, 0.29) is 5.25 Å². The van der Waals surface area contributed by atoms with E-state index in [2.05, 4.69) is 11.9 Å². The minimum atomic E-state index is -0.725. The van der Waals surface area contributed by atoms with E-state index in [9.17, 15) is 4.79 Å². The van der Waals surface area contributed by atoms with Crippen LogP contribution in [0.3, 0.4) is 0 Å². The van der Waals surface area contributed by atoms with Crippen molar-refractivity contribution in [2.24, 2.45) is 0 Å². The van der Waals surface area contributed by atoms with Crippen molar-refractivity contribution in [2.45, 2.75) is 44.1 Å². The number of carboxylic acids is 1. The molecule has 1 atom stereocenters. The zero-order chi connectivity index (χ0) is 12.0. The largest absolute Gasteiger partial charge is 0.480 e. The molecule has 1 N–H and O–H groups in total. The van der Waals surface area contributed by atoms with Crippen molar-refractivity contribution in [1.29, 1.82) is 0 Å². The lowest BCUT2D eigenvalue weighted by molar-refractivity contribution is -0.136. The molecule has 1 heterocycles. The van der Waals surface area contributed by atoms with Gasteiger partial charge in [0.25, 0.3) is 0 Å². The minimum absolute atomic E-state index is 0.309. The molecule has 90 valence electrons. The van der Waals surface area contributed by atoms with Crippen LogP contribution in [-0.4, -0.2) is 21.3 Å². The molecule has 5 heteroatoms. The third-order valence-corrected chi connectivity index (χ3v) is 4.50. The first-order chi connectivity index (χ1) is 7.67. The van der Waals surface area contributed by atoms with Gasteiger partial charge in [-0.1, -0.05) is 13.8 Å². The molecule has 0 bridgehead atoms. The number of hydrogen-bond donors (Lipinski definition) is 1. The summed E-state index contributed by atoms with van der Waals surface area (Å²) in [5, 5.41) is 11.8. The van der Waals surface area contributed by atoms with Gasteiger partial charge in [0.2, 0.25) is 0 Å². The molecule has 1 aromatic rings. The molecule has 0 aliphatic carbocycles. The Kier molecular flexibility index (Phi) is 5.84. The number of aromatic nitrogens is 1. The Morgan fingerprint density at radius 2 is 2.38 bits per heavy atom. The molecule has 16 heavy (non-hydrogen) atoms. The molecule has 1 unspecified atom stereocenters. The highest BCUT2D eigenvalue weighted by Crippen LogP contribution is 2.22. The highest BCUT2D eigenvalue weighted by Gasteiger charge is 2.15. The predicted molar refractivity (Wildman–Crippen MR) is 69.1 cm³/mol. The van der Waals surface area contributed by atoms with Crippen LogP contribution in [0.2, 0.25) is 0 Å². The summed E-state index contributed by atoms with van der Waals surface area (Å²) in [6.45, 7) is 4.03. The Labute approximate surface area is 104 Å². The van der Waals surface area contributed by atoms with Gasteiger partial charge >= 0.3 is 5.97 Å². The summed E-state index contributed by atoms with van der Waals surface area (Å²) in [5.74, 6) is -0.0260. The molecule has 0 saturated heterocycles. The second kappa shape index (κ2) is 6.91. The van der Waals surface area contributed by atoms with Crippen molar-refractivity contribution in [2.75, 3.05) is 0 Å². The van der Waals surface area contributed by atoms with Crippen molar-refractivity contribution in [3.8, 4) is 0 Å². The number of thioether (sulfide) groups is 1. The topological polar surface area (TPSA) is 50.2 Å². The highest BCUT2D eigenvalue weighted by molar-refractivity contribution is 7.99. The Morgan fingerprint density at radius 1 is 1.62 bits per heavy atom. The Bertz CT molecular complexity index is 338. The average molecular weight is 259 g/mol. The molecule has 1 rings (SSSR count). The van der Waals surface area contributed by atoms with Crippen LogP contribution in [0.1, 0.15) is 37.4 Å². The molecular formula is C11H17NO2S2. The van der Waals surface area contributed by atoms with Gasteiger partial charge in [-0.3, -0.25) is 4.79 Å². The minimum Gasteiger partial charge on any atom is -0.480 e. The smallest absolute Gasteiger partial charge is 0.316 e. The molecule has 3 nitrogen and oxygen atoms in total. The summed E-state index contributed by atoms with van der Waals surface area (Å²) in [6.07, 6.45) is 2.78. The van der Waals surface area contributed by atoms with Gasteiger partial charge in [0.15, 0.2) is 0 Å². The fraction of sp³-hybridized carbons (Fsp3) is 0.636. The predicted octanol–water partition coefficient (Wildman–Crippen LogP) is 3.19. The Hall–Kier alpha value is -0.550. The van der Waals surface area contributed by atoms with Crippen LogP contribution in [0.15, 0.2) is 5.38 Å². The molecule has 0 amide bonds. The van der Waals surface area contributed by atoms with Crippen LogP contribution in [-0.2, 0) is 17.0 Å². The molecule has 0 aliphatic heterocycles. The van der Waals surface area contributed by atoms with Gasteiger partial charge in [-0.15, -0.1) is 23.1 Å². The number of carboxylic acid groups (broad SMARTS) is 1. The summed E-state index contributed by atoms with van der Waals surface area (Å²) >= 11 is 3.13. The van der Waals surface area contributed by atoms with E-state index >= 15 is 0 Å². The van der Waals surface area contributed by atoms with Gasteiger partial charge < -0.3 is 5.11 Å². The lowest BCUT2D eigenvalue weighted by Crippen LogP contribution is -2.15. The van der Waals surface area contributed by atoms with E-state index in [1.165, 1.54) is 11.8 Å². The van der Waals surface area contributed by atoms with Crippen molar-refractivity contribution in [3.05, 3.63) is 16.1 Å². The third kappa shape index (κ3) is 4.14. The molecule has 0 aromatic carbocycles. The number of thiazole rings is 1. The highest BCUT2D eigenvalue weighted by atomic mass is 32.2. The lowest BCUT2D eigenvalue weighted by Gasteiger charge is -2.07. The van der Waals surface area contributed by atoms with Gasteiger partial charge in [0.1, 0.15) is 5.25 Å². The first-order valence-electron chi connectivity index (χ1n) is 5.45. The number of carbonyl (C=O) groups is 1. The fourth-order valence-corrected chi connectivity index (χ4v) is 3.20. The first-order valence-corrected chi connectivity index (χ1v) is 7.37. The van der Waals surface area contributed by atoms with Gasteiger partial charge in [0.05, 0.1) is 10.7 Å². The van der Waals surface area contributed by atoms with Crippen LogP contribution in [0, 0.1) is 0 Å². The maximum Gasteiger partial charge on any atom is 0.316 e. The van der Waals surface area contributed by atoms with Gasteiger partial charge in [0, 0.05) is 11.1 Å². The summed E-state index contributed by atoms with van der Waals surface area (Å²) in [7, 11) is 0. The average Bonchev–Trinajstić information content (AvgIpc) is 2.67. The van der Waals surface area contributed by atoms with Crippen LogP contribution in [0.5, 0.6) is 0 Å². The maximum atomic E-state index is 10.8. The van der Waals surface area contributed by atoms with E-state index in [1.54, 1.807) is 11.3 Å². The molecular weight excluding hydrogens is 242 g/mol. The van der Waals surface area contributed by atoms with Crippen molar-refractivity contribution in [3.63, 3.8) is 0 Å². The van der Waals surface area contributed by atoms with Crippen LogP contribution in [0.4, 0.5) is 0 Å². The van der Waals surface area contributed by atoms with Crippen LogP contribution < -0.4 is 0 Å². The van der Waals surface area contributed by atoms with Gasteiger partial charge in [-0.05, 0) is 19.3 Å². The lowest BCUT2D eigenvalue weighted by atomic mass is 10.3. The molecule has 0 radical (unpaired) electrons. The van der Waals surface area contributed by atoms with Crippen LogP contribution >= 0.6 is 23.1 Å². The standard InChI is InChI=1S/C11H17NO2S2/c1-3-5-10-12-8(7-16-10)6-15-9(4-2)11(13)14/h7,9H,3-6H2,1-2H3,(H,13,14). The van der Waals surface area contributed by atoms with Crippen molar-refractivity contribution in [1.82, 2.24) is 4.98 Å². The molecule has 1 aromatic heterocycles. The van der Waals surface area contributed by atoms with Crippen molar-refractivity contribution >= 4 is 29.1 Å². The van der Waals surface area contributed by atoms with E-state index in [4.69, 9.17) is 5.11 Å². The van der Waals surface area contributed by atoms with Gasteiger partial charge in [-0.25, -0.2) is 4.98 Å². The zero-order valence-electron chi connectivity index (χ0n) is 9.60. The van der Waals surface area contributed by atoms with E-state index in [0.29, 0.717) is 12.2 Å². The van der Waals surface area contributed by atoms with Crippen LogP contribution in [0.25, 0.3) is 0 Å². The number of aryl methyl sites for hydroxylation is 1. The zero-order valence-corrected chi connectivity index (χ0v) is 11.2. The van der Waals surface area contributed by atoms with E-state index in [0.717, 1.165) is 23.5 Å². The summed E-state index contributed by atoms with van der Waals surface area (Å²) < 4.78 is 0. The fourth-order valence-electron chi connectivity index (χ4n) is 1.29. The normalized spacial score (nSPS) is 12.6. The van der Waals surface area contributed by atoms with Crippen molar-refractivity contribution < 1.29 is 9.90 Å². The van der Waals surface area contributed by atoms with E-state index < -0.39 is 5.97 Å². The summed E-state index contributed by atoms with van der Waals surface area (Å²) in [5.41, 5.74) is 1.01. The maximum absolute atomic E-state index is 10.8. The SMILES string of the molecule is CCCc1nc(CSC(CC)C(=O)O)cs1. The monoisotopic (exact) mass is 259 g/mol. The number of aliphatic carboxylic acids is 1. The third-order valence-electron chi connectivity index (χ3n) is 2.14. The van der Waals surface area contributed by atoms with Gasteiger partial charge in [-0.2, -0.15) is 0 Å². The molecule has 0 saturated carbocycles. The summed E-state index contributed by atoms with van der Waals surface area (Å²) in [4.78, 5) is 15.3. The molecule has 0 spiro atoms. The quantitative estimate of drug-likeness (QED) is 0.817. The number of nitrogens with zero attached hydrogens (tertiary/aromatic N) is 1. The number of rotatable bonds is 7. The molecule has 0 fully saturated rings. The first kappa shape index (κ1) is 13.5. The molecule has 0 aliphatic rings. The second-order valence-corrected chi connectivity index (χ2v) is 5.66. The second-order valence-electron chi connectivity index (χ2n) is 3.53.